The molecule has 1 aliphatic heterocycles. The molecule has 2 N–H and O–H groups in total. The number of carbonyl (C=O) groups is 1. The van der Waals surface area contributed by atoms with Crippen molar-refractivity contribution in [1.29, 1.82) is 0 Å². The minimum absolute atomic E-state index is 0.00505. The first-order valence-corrected chi connectivity index (χ1v) is 5.88. The fourth-order valence-corrected chi connectivity index (χ4v) is 2.28. The second-order valence-corrected chi connectivity index (χ2v) is 4.34. The highest BCUT2D eigenvalue weighted by Gasteiger charge is 2.25. The Morgan fingerprint density at radius 2 is 1.95 bits per heavy atom. The molecular formula is C13H11N3O3. The minimum atomic E-state index is -0.677. The van der Waals surface area contributed by atoms with Crippen LogP contribution in [-0.2, 0) is 6.42 Å². The number of benzene rings is 1. The third-order valence-corrected chi connectivity index (χ3v) is 3.12. The summed E-state index contributed by atoms with van der Waals surface area (Å²) in [6, 6.07) is 8.69. The third-order valence-electron chi connectivity index (χ3n) is 3.12. The molecule has 0 fully saturated rings. The van der Waals surface area contributed by atoms with Gasteiger partial charge < -0.3 is 9.88 Å². The van der Waals surface area contributed by atoms with E-state index in [0.717, 1.165) is 23.7 Å². The summed E-state index contributed by atoms with van der Waals surface area (Å²) in [6.07, 6.45) is 0.773. The molecule has 6 heteroatoms. The first-order chi connectivity index (χ1) is 9.15. The Morgan fingerprint density at radius 1 is 1.16 bits per heavy atom. The molecule has 0 atom stereocenters. The lowest BCUT2D eigenvalue weighted by atomic mass is 10.2. The summed E-state index contributed by atoms with van der Waals surface area (Å²) in [4.78, 5) is 40.7. The summed E-state index contributed by atoms with van der Waals surface area (Å²) in [5.41, 5.74) is 0.657. The average Bonchev–Trinajstić information content (AvgIpc) is 2.80. The van der Waals surface area contributed by atoms with E-state index in [2.05, 4.69) is 4.98 Å². The zero-order chi connectivity index (χ0) is 13.4. The predicted molar refractivity (Wildman–Crippen MR) is 69.5 cm³/mol. The van der Waals surface area contributed by atoms with Gasteiger partial charge in [0.15, 0.2) is 0 Å². The van der Waals surface area contributed by atoms with Crippen LogP contribution in [0.3, 0.4) is 0 Å². The largest absolute Gasteiger partial charge is 0.326 e. The van der Waals surface area contributed by atoms with Crippen LogP contribution in [0.4, 0.5) is 5.69 Å². The van der Waals surface area contributed by atoms with Gasteiger partial charge in [0.2, 0.25) is 0 Å². The highest BCUT2D eigenvalue weighted by Crippen LogP contribution is 2.28. The van der Waals surface area contributed by atoms with Gasteiger partial charge in [-0.2, -0.15) is 0 Å². The van der Waals surface area contributed by atoms with E-state index in [1.165, 1.54) is 0 Å². The van der Waals surface area contributed by atoms with Gasteiger partial charge >= 0.3 is 5.69 Å². The standard InChI is InChI=1S/C13H11N3O3/c17-11-7-9(14-13(19)15-11)12(18)16-6-5-8-3-1-2-4-10(8)16/h1-4,7H,5-6H2,(H2,14,15,17,19). The Morgan fingerprint density at radius 3 is 2.74 bits per heavy atom. The van der Waals surface area contributed by atoms with E-state index in [9.17, 15) is 14.4 Å². The van der Waals surface area contributed by atoms with Crippen molar-refractivity contribution in [2.45, 2.75) is 6.42 Å². The summed E-state index contributed by atoms with van der Waals surface area (Å²) in [5, 5.41) is 0. The van der Waals surface area contributed by atoms with E-state index in [4.69, 9.17) is 0 Å². The van der Waals surface area contributed by atoms with Crippen LogP contribution in [0.5, 0.6) is 0 Å². The number of aromatic nitrogens is 2. The van der Waals surface area contributed by atoms with Gasteiger partial charge in [0.05, 0.1) is 0 Å². The molecule has 2 aromatic rings. The molecule has 19 heavy (non-hydrogen) atoms. The van der Waals surface area contributed by atoms with Crippen molar-refractivity contribution in [2.24, 2.45) is 0 Å². The van der Waals surface area contributed by atoms with Gasteiger partial charge in [0, 0.05) is 18.3 Å². The lowest BCUT2D eigenvalue weighted by molar-refractivity contribution is 0.0984. The number of amides is 1. The first kappa shape index (κ1) is 11.5. The van der Waals surface area contributed by atoms with Crippen LogP contribution >= 0.6 is 0 Å². The van der Waals surface area contributed by atoms with Crippen molar-refractivity contribution in [3.05, 3.63) is 62.4 Å². The number of nitrogens with one attached hydrogen (secondary N) is 2. The highest BCUT2D eigenvalue weighted by atomic mass is 16.2. The molecular weight excluding hydrogens is 246 g/mol. The SMILES string of the molecule is O=C(c1cc(=O)[nH]c(=O)[nH]1)N1CCc2ccccc21. The Bertz CT molecular complexity index is 732. The van der Waals surface area contributed by atoms with Gasteiger partial charge in [0.1, 0.15) is 5.69 Å². The van der Waals surface area contributed by atoms with Crippen LogP contribution in [0, 0.1) is 0 Å². The normalized spacial score (nSPS) is 13.4. The molecule has 0 saturated carbocycles. The van der Waals surface area contributed by atoms with Crippen LogP contribution in [-0.4, -0.2) is 22.4 Å². The molecule has 1 aromatic carbocycles. The van der Waals surface area contributed by atoms with Gasteiger partial charge in [-0.3, -0.25) is 14.6 Å². The van der Waals surface area contributed by atoms with Crippen LogP contribution in [0.1, 0.15) is 16.1 Å². The zero-order valence-corrected chi connectivity index (χ0v) is 9.97. The number of anilines is 1. The Hall–Kier alpha value is -2.63. The molecule has 1 amide bonds. The number of hydrogen-bond donors (Lipinski definition) is 2. The van der Waals surface area contributed by atoms with Crippen LogP contribution in [0.15, 0.2) is 39.9 Å². The number of nitrogens with zero attached hydrogens (tertiary/aromatic N) is 1. The summed E-state index contributed by atoms with van der Waals surface area (Å²) in [5.74, 6) is -0.367. The summed E-state index contributed by atoms with van der Waals surface area (Å²) in [6.45, 7) is 0.549. The van der Waals surface area contributed by atoms with E-state index >= 15 is 0 Å². The Balaban J connectivity index is 2.02. The van der Waals surface area contributed by atoms with Gasteiger partial charge in [-0.25, -0.2) is 4.79 Å². The van der Waals surface area contributed by atoms with Crippen LogP contribution < -0.4 is 16.1 Å². The summed E-state index contributed by atoms with van der Waals surface area (Å²) < 4.78 is 0. The van der Waals surface area contributed by atoms with Gasteiger partial charge in [-0.1, -0.05) is 18.2 Å². The molecule has 3 rings (SSSR count). The molecule has 0 saturated heterocycles. The molecule has 1 aliphatic rings. The molecule has 2 heterocycles. The molecule has 0 bridgehead atoms. The fraction of sp³-hybridized carbons (Fsp3) is 0.154. The maximum atomic E-state index is 12.3. The van der Waals surface area contributed by atoms with Gasteiger partial charge in [-0.05, 0) is 18.1 Å². The Labute approximate surface area is 107 Å². The lowest BCUT2D eigenvalue weighted by Crippen LogP contribution is -2.33. The van der Waals surface area contributed by atoms with Crippen LogP contribution in [0.2, 0.25) is 0 Å². The van der Waals surface area contributed by atoms with Gasteiger partial charge in [-0.15, -0.1) is 0 Å². The molecule has 6 nitrogen and oxygen atoms in total. The van der Waals surface area contributed by atoms with E-state index in [1.807, 2.05) is 29.2 Å². The van der Waals surface area contributed by atoms with Crippen molar-refractivity contribution < 1.29 is 4.79 Å². The number of H-pyrrole nitrogens is 2. The maximum Gasteiger partial charge on any atom is 0.326 e. The van der Waals surface area contributed by atoms with Crippen molar-refractivity contribution in [2.75, 3.05) is 11.4 Å². The van der Waals surface area contributed by atoms with Gasteiger partial charge in [0.25, 0.3) is 11.5 Å². The fourth-order valence-electron chi connectivity index (χ4n) is 2.28. The summed E-state index contributed by atoms with van der Waals surface area (Å²) >= 11 is 0. The highest BCUT2D eigenvalue weighted by molar-refractivity contribution is 6.05. The van der Waals surface area contributed by atoms with Crippen molar-refractivity contribution in [3.63, 3.8) is 0 Å². The number of para-hydroxylation sites is 1. The molecule has 0 aliphatic carbocycles. The maximum absolute atomic E-state index is 12.3. The lowest BCUT2D eigenvalue weighted by Gasteiger charge is -2.16. The van der Waals surface area contributed by atoms with Crippen molar-refractivity contribution in [3.8, 4) is 0 Å². The zero-order valence-electron chi connectivity index (χ0n) is 9.97. The second-order valence-electron chi connectivity index (χ2n) is 4.34. The second kappa shape index (κ2) is 4.24. The topological polar surface area (TPSA) is 86.0 Å². The molecule has 96 valence electrons. The number of fused-ring (bicyclic) bond motifs is 1. The molecule has 0 spiro atoms. The molecule has 0 radical (unpaired) electrons. The van der Waals surface area contributed by atoms with Crippen molar-refractivity contribution in [1.82, 2.24) is 9.97 Å². The average molecular weight is 257 g/mol. The number of rotatable bonds is 1. The monoisotopic (exact) mass is 257 g/mol. The number of aromatic amines is 2. The smallest absolute Gasteiger partial charge is 0.306 e. The molecule has 0 unspecified atom stereocenters. The third kappa shape index (κ3) is 1.97. The van der Waals surface area contributed by atoms with E-state index in [0.29, 0.717) is 6.54 Å². The minimum Gasteiger partial charge on any atom is -0.306 e. The predicted octanol–water partition coefficient (Wildman–Crippen LogP) is 0.266. The quantitative estimate of drug-likeness (QED) is 0.768. The number of carbonyl (C=O) groups excluding carboxylic acids is 1. The Kier molecular flexibility index (Phi) is 2.56. The van der Waals surface area contributed by atoms with Crippen LogP contribution in [0.25, 0.3) is 0 Å². The van der Waals surface area contributed by atoms with E-state index in [1.54, 1.807) is 4.90 Å². The molecule has 1 aromatic heterocycles. The van der Waals surface area contributed by atoms with Crippen molar-refractivity contribution >= 4 is 11.6 Å². The summed E-state index contributed by atoms with van der Waals surface area (Å²) in [7, 11) is 0. The van der Waals surface area contributed by atoms with E-state index < -0.39 is 11.2 Å². The number of hydrogen-bond acceptors (Lipinski definition) is 3. The van der Waals surface area contributed by atoms with E-state index in [-0.39, 0.29) is 11.6 Å². The first-order valence-electron chi connectivity index (χ1n) is 5.88.